The Labute approximate surface area is 109 Å². The van der Waals surface area contributed by atoms with Crippen LogP contribution in [-0.4, -0.2) is 49.1 Å². The van der Waals surface area contributed by atoms with Gasteiger partial charge in [-0.05, 0) is 12.8 Å². The van der Waals surface area contributed by atoms with Crippen LogP contribution in [0.15, 0.2) is 0 Å². The van der Waals surface area contributed by atoms with Gasteiger partial charge in [-0.3, -0.25) is 9.59 Å². The van der Waals surface area contributed by atoms with Crippen molar-refractivity contribution >= 4 is 11.8 Å². The summed E-state index contributed by atoms with van der Waals surface area (Å²) in [6.45, 7) is 6.41. The molecule has 1 aliphatic heterocycles. The Bertz CT molecular complexity index is 281. The summed E-state index contributed by atoms with van der Waals surface area (Å²) in [4.78, 5) is 25.5. The van der Waals surface area contributed by atoms with Crippen LogP contribution >= 0.6 is 0 Å². The summed E-state index contributed by atoms with van der Waals surface area (Å²) in [5.41, 5.74) is 0. The van der Waals surface area contributed by atoms with Crippen molar-refractivity contribution in [3.63, 3.8) is 0 Å². The van der Waals surface area contributed by atoms with Gasteiger partial charge in [-0.2, -0.15) is 0 Å². The maximum Gasteiger partial charge on any atom is 0.245 e. The van der Waals surface area contributed by atoms with Crippen LogP contribution in [0.3, 0.4) is 0 Å². The van der Waals surface area contributed by atoms with Crippen molar-refractivity contribution in [2.24, 2.45) is 0 Å². The first-order valence-corrected chi connectivity index (χ1v) is 6.85. The number of nitrogens with zero attached hydrogens (tertiary/aromatic N) is 1. The molecule has 0 radical (unpaired) electrons. The number of hydrogen-bond acceptors (Lipinski definition) is 3. The Hall–Kier alpha value is -1.10. The highest BCUT2D eigenvalue weighted by molar-refractivity contribution is 5.89. The fraction of sp³-hybridized carbons (Fsp3) is 0.846. The molecule has 0 aromatic rings. The number of carbonyl (C=O) groups is 2. The number of ether oxygens (including phenoxy) is 1. The van der Waals surface area contributed by atoms with Gasteiger partial charge in [0.05, 0.1) is 6.61 Å². The number of rotatable bonds is 7. The summed E-state index contributed by atoms with van der Waals surface area (Å²) in [7, 11) is 0. The quantitative estimate of drug-likeness (QED) is 0.689. The molecule has 1 unspecified atom stereocenters. The number of carbonyl (C=O) groups excluding carboxylic acids is 2. The molecule has 0 aliphatic carbocycles. The molecule has 0 saturated carbocycles. The molecule has 18 heavy (non-hydrogen) atoms. The lowest BCUT2D eigenvalue weighted by Crippen LogP contribution is -2.45. The van der Waals surface area contributed by atoms with E-state index in [4.69, 9.17) is 4.74 Å². The van der Waals surface area contributed by atoms with Crippen LogP contribution in [0.4, 0.5) is 0 Å². The van der Waals surface area contributed by atoms with Crippen molar-refractivity contribution in [2.75, 3.05) is 26.3 Å². The van der Waals surface area contributed by atoms with E-state index in [-0.39, 0.29) is 17.9 Å². The van der Waals surface area contributed by atoms with Crippen LogP contribution in [0.5, 0.6) is 0 Å². The van der Waals surface area contributed by atoms with Gasteiger partial charge < -0.3 is 15.0 Å². The van der Waals surface area contributed by atoms with Gasteiger partial charge in [0.25, 0.3) is 0 Å². The van der Waals surface area contributed by atoms with Crippen molar-refractivity contribution in [3.8, 4) is 0 Å². The summed E-state index contributed by atoms with van der Waals surface area (Å²) >= 11 is 0. The number of nitrogens with one attached hydrogen (secondary N) is 1. The Balaban J connectivity index is 2.49. The van der Waals surface area contributed by atoms with E-state index < -0.39 is 0 Å². The lowest BCUT2D eigenvalue weighted by atomic mass is 10.1. The molecule has 0 spiro atoms. The number of amides is 2. The molecule has 5 heteroatoms. The van der Waals surface area contributed by atoms with E-state index in [9.17, 15) is 9.59 Å². The summed E-state index contributed by atoms with van der Waals surface area (Å²) in [5, 5.41) is 2.79. The minimum atomic E-state index is -0.351. The van der Waals surface area contributed by atoms with Gasteiger partial charge >= 0.3 is 0 Å². The average molecular weight is 256 g/mol. The third-order valence-corrected chi connectivity index (χ3v) is 2.99. The molecule has 0 bridgehead atoms. The van der Waals surface area contributed by atoms with Gasteiger partial charge in [0, 0.05) is 26.1 Å². The fourth-order valence-electron chi connectivity index (χ4n) is 2.02. The van der Waals surface area contributed by atoms with Gasteiger partial charge in [-0.25, -0.2) is 0 Å². The molecule has 1 aliphatic rings. The smallest absolute Gasteiger partial charge is 0.245 e. The molecule has 2 amide bonds. The molecule has 1 heterocycles. The first-order chi connectivity index (χ1) is 8.69. The zero-order chi connectivity index (χ0) is 13.4. The van der Waals surface area contributed by atoms with Gasteiger partial charge in [0.15, 0.2) is 0 Å². The molecule has 0 aromatic heterocycles. The Morgan fingerprint density at radius 2 is 2.06 bits per heavy atom. The predicted molar refractivity (Wildman–Crippen MR) is 69.1 cm³/mol. The first kappa shape index (κ1) is 15.0. The highest BCUT2D eigenvalue weighted by Crippen LogP contribution is 2.08. The molecule has 0 aromatic carbocycles. The normalized spacial score (nSPS) is 20.8. The van der Waals surface area contributed by atoms with Crippen LogP contribution in [-0.2, 0) is 14.3 Å². The van der Waals surface area contributed by atoms with Crippen LogP contribution in [0.25, 0.3) is 0 Å². The van der Waals surface area contributed by atoms with Crippen LogP contribution in [0, 0.1) is 0 Å². The second kappa shape index (κ2) is 8.08. The lowest BCUT2D eigenvalue weighted by molar-refractivity contribution is -0.134. The minimum absolute atomic E-state index is 0.0289. The van der Waals surface area contributed by atoms with Crippen molar-refractivity contribution in [2.45, 2.75) is 45.6 Å². The molecular formula is C13H24N2O3. The lowest BCUT2D eigenvalue weighted by Gasteiger charge is -2.23. The van der Waals surface area contributed by atoms with Crippen molar-refractivity contribution < 1.29 is 14.3 Å². The Morgan fingerprint density at radius 3 is 2.72 bits per heavy atom. The average Bonchev–Trinajstić information content (AvgIpc) is 2.48. The van der Waals surface area contributed by atoms with Gasteiger partial charge in [-0.15, -0.1) is 0 Å². The zero-order valence-corrected chi connectivity index (χ0v) is 11.4. The highest BCUT2D eigenvalue weighted by atomic mass is 16.5. The van der Waals surface area contributed by atoms with E-state index in [1.807, 2.05) is 6.92 Å². The second-order valence-electron chi connectivity index (χ2n) is 4.60. The molecule has 5 nitrogen and oxygen atoms in total. The topological polar surface area (TPSA) is 58.6 Å². The van der Waals surface area contributed by atoms with Gasteiger partial charge in [-0.1, -0.05) is 20.3 Å². The third kappa shape index (κ3) is 4.64. The summed E-state index contributed by atoms with van der Waals surface area (Å²) in [6.07, 6.45) is 2.96. The van der Waals surface area contributed by atoms with Crippen LogP contribution < -0.4 is 5.32 Å². The SMILES string of the molecule is CCCOCCN1CCC(=O)NC(CCC)C1=O. The molecule has 1 fully saturated rings. The Morgan fingerprint density at radius 1 is 1.28 bits per heavy atom. The maximum atomic E-state index is 12.2. The van der Waals surface area contributed by atoms with Crippen molar-refractivity contribution in [1.29, 1.82) is 0 Å². The monoisotopic (exact) mass is 256 g/mol. The molecule has 104 valence electrons. The molecule has 1 N–H and O–H groups in total. The third-order valence-electron chi connectivity index (χ3n) is 2.99. The van der Waals surface area contributed by atoms with E-state index in [0.29, 0.717) is 32.5 Å². The van der Waals surface area contributed by atoms with E-state index >= 15 is 0 Å². The maximum absolute atomic E-state index is 12.2. The van der Waals surface area contributed by atoms with Crippen LogP contribution in [0.2, 0.25) is 0 Å². The zero-order valence-electron chi connectivity index (χ0n) is 11.4. The van der Waals surface area contributed by atoms with Crippen LogP contribution in [0.1, 0.15) is 39.5 Å². The van der Waals surface area contributed by atoms with E-state index in [2.05, 4.69) is 12.2 Å². The molecule has 1 rings (SSSR count). The summed E-state index contributed by atoms with van der Waals surface area (Å²) < 4.78 is 5.40. The largest absolute Gasteiger partial charge is 0.380 e. The van der Waals surface area contributed by atoms with Crippen molar-refractivity contribution in [1.82, 2.24) is 10.2 Å². The fourth-order valence-corrected chi connectivity index (χ4v) is 2.02. The van der Waals surface area contributed by atoms with E-state index in [1.54, 1.807) is 4.90 Å². The second-order valence-corrected chi connectivity index (χ2v) is 4.60. The minimum Gasteiger partial charge on any atom is -0.380 e. The molecule has 1 atom stereocenters. The highest BCUT2D eigenvalue weighted by Gasteiger charge is 2.28. The van der Waals surface area contributed by atoms with Gasteiger partial charge in [0.1, 0.15) is 6.04 Å². The summed E-state index contributed by atoms with van der Waals surface area (Å²) in [5.74, 6) is 0.00146. The molecule has 1 saturated heterocycles. The van der Waals surface area contributed by atoms with Gasteiger partial charge in [0.2, 0.25) is 11.8 Å². The molecular weight excluding hydrogens is 232 g/mol. The Kier molecular flexibility index (Phi) is 6.72. The van der Waals surface area contributed by atoms with Crippen molar-refractivity contribution in [3.05, 3.63) is 0 Å². The number of hydrogen-bond donors (Lipinski definition) is 1. The summed E-state index contributed by atoms with van der Waals surface area (Å²) in [6, 6.07) is -0.351. The van der Waals surface area contributed by atoms with E-state index in [1.165, 1.54) is 0 Å². The first-order valence-electron chi connectivity index (χ1n) is 6.85. The standard InChI is InChI=1S/C13H24N2O3/c1-3-5-11-13(17)15(7-6-12(16)14-11)8-10-18-9-4-2/h11H,3-10H2,1-2H3,(H,14,16). The predicted octanol–water partition coefficient (Wildman–Crippen LogP) is 0.930. The van der Waals surface area contributed by atoms with E-state index in [0.717, 1.165) is 19.4 Å².